The summed E-state index contributed by atoms with van der Waals surface area (Å²) in [5.41, 5.74) is 4.05. The standard InChI is InChI=1S/C15H25N3O/c1-19-15(8-4-2-3-5-9-15)14(18-16)11-13-7-6-10-17-12-13/h6-7,10,12,14,18H,2-5,8-9,11,16H2,1H3. The van der Waals surface area contributed by atoms with E-state index in [1.54, 1.807) is 6.20 Å². The van der Waals surface area contributed by atoms with Gasteiger partial charge in [0, 0.05) is 19.5 Å². The Hall–Kier alpha value is -0.970. The molecular weight excluding hydrogens is 238 g/mol. The Labute approximate surface area is 115 Å². The largest absolute Gasteiger partial charge is 0.377 e. The lowest BCUT2D eigenvalue weighted by molar-refractivity contribution is -0.0527. The monoisotopic (exact) mass is 263 g/mol. The summed E-state index contributed by atoms with van der Waals surface area (Å²) in [6.45, 7) is 0. The van der Waals surface area contributed by atoms with E-state index in [4.69, 9.17) is 10.6 Å². The molecule has 19 heavy (non-hydrogen) atoms. The quantitative estimate of drug-likeness (QED) is 0.486. The molecule has 0 spiro atoms. The lowest BCUT2D eigenvalue weighted by atomic mass is 9.83. The second kappa shape index (κ2) is 6.98. The number of pyridine rings is 1. The molecule has 4 heteroatoms. The van der Waals surface area contributed by atoms with Crippen molar-refractivity contribution < 1.29 is 4.74 Å². The van der Waals surface area contributed by atoms with E-state index in [9.17, 15) is 0 Å². The van der Waals surface area contributed by atoms with Crippen molar-refractivity contribution in [2.45, 2.75) is 56.6 Å². The van der Waals surface area contributed by atoms with E-state index in [-0.39, 0.29) is 11.6 Å². The molecule has 1 aromatic heterocycles. The number of hydrogen-bond acceptors (Lipinski definition) is 4. The van der Waals surface area contributed by atoms with Crippen molar-refractivity contribution in [1.82, 2.24) is 10.4 Å². The lowest BCUT2D eigenvalue weighted by Crippen LogP contribution is -2.55. The number of nitrogens with zero attached hydrogens (tertiary/aromatic N) is 1. The highest BCUT2D eigenvalue weighted by Crippen LogP contribution is 2.34. The topological polar surface area (TPSA) is 60.2 Å². The molecule has 1 fully saturated rings. The van der Waals surface area contributed by atoms with Gasteiger partial charge in [-0.1, -0.05) is 31.7 Å². The number of ether oxygens (including phenoxy) is 1. The molecule has 1 atom stereocenters. The van der Waals surface area contributed by atoms with Gasteiger partial charge < -0.3 is 4.74 Å². The lowest BCUT2D eigenvalue weighted by Gasteiger charge is -2.39. The molecule has 1 unspecified atom stereocenters. The van der Waals surface area contributed by atoms with Gasteiger partial charge in [-0.2, -0.15) is 0 Å². The minimum atomic E-state index is -0.138. The third-order valence-electron chi connectivity index (χ3n) is 4.36. The smallest absolute Gasteiger partial charge is 0.0847 e. The van der Waals surface area contributed by atoms with Crippen molar-refractivity contribution in [3.63, 3.8) is 0 Å². The summed E-state index contributed by atoms with van der Waals surface area (Å²) in [5.74, 6) is 5.81. The summed E-state index contributed by atoms with van der Waals surface area (Å²) in [7, 11) is 1.82. The van der Waals surface area contributed by atoms with Gasteiger partial charge in [0.25, 0.3) is 0 Å². The summed E-state index contributed by atoms with van der Waals surface area (Å²) in [6, 6.07) is 4.20. The maximum Gasteiger partial charge on any atom is 0.0847 e. The van der Waals surface area contributed by atoms with E-state index in [1.165, 1.54) is 31.2 Å². The summed E-state index contributed by atoms with van der Waals surface area (Å²) < 4.78 is 5.92. The Morgan fingerprint density at radius 1 is 1.37 bits per heavy atom. The number of nitrogens with one attached hydrogen (secondary N) is 1. The molecule has 0 aromatic carbocycles. The van der Waals surface area contributed by atoms with Gasteiger partial charge in [-0.15, -0.1) is 0 Å². The van der Waals surface area contributed by atoms with E-state index in [0.717, 1.165) is 19.3 Å². The van der Waals surface area contributed by atoms with E-state index in [0.29, 0.717) is 0 Å². The molecule has 0 saturated heterocycles. The second-order valence-electron chi connectivity index (χ2n) is 5.47. The van der Waals surface area contributed by atoms with Crippen molar-refractivity contribution in [3.8, 4) is 0 Å². The first kappa shape index (κ1) is 14.4. The van der Waals surface area contributed by atoms with Crippen molar-refractivity contribution in [2.75, 3.05) is 7.11 Å². The van der Waals surface area contributed by atoms with Crippen LogP contribution in [0.15, 0.2) is 24.5 Å². The van der Waals surface area contributed by atoms with Crippen molar-refractivity contribution in [3.05, 3.63) is 30.1 Å². The number of hydrogen-bond donors (Lipinski definition) is 2. The summed E-state index contributed by atoms with van der Waals surface area (Å²) >= 11 is 0. The number of methoxy groups -OCH3 is 1. The fraction of sp³-hybridized carbons (Fsp3) is 0.667. The Bertz CT molecular complexity index is 361. The van der Waals surface area contributed by atoms with Gasteiger partial charge in [0.05, 0.1) is 11.6 Å². The molecule has 0 aliphatic heterocycles. The van der Waals surface area contributed by atoms with Crippen molar-refractivity contribution in [2.24, 2.45) is 5.84 Å². The number of aromatic nitrogens is 1. The Morgan fingerprint density at radius 3 is 2.63 bits per heavy atom. The predicted molar refractivity (Wildman–Crippen MR) is 76.5 cm³/mol. The fourth-order valence-corrected chi connectivity index (χ4v) is 3.17. The van der Waals surface area contributed by atoms with Crippen LogP contribution in [0, 0.1) is 0 Å². The van der Waals surface area contributed by atoms with Gasteiger partial charge in [0.1, 0.15) is 0 Å². The molecule has 0 bridgehead atoms. The molecule has 1 aromatic rings. The Kier molecular flexibility index (Phi) is 5.31. The highest BCUT2D eigenvalue weighted by molar-refractivity contribution is 5.12. The van der Waals surface area contributed by atoms with Gasteiger partial charge in [-0.25, -0.2) is 0 Å². The van der Waals surface area contributed by atoms with Crippen LogP contribution in [-0.2, 0) is 11.2 Å². The minimum Gasteiger partial charge on any atom is -0.377 e. The number of hydrazine groups is 1. The van der Waals surface area contributed by atoms with Gasteiger partial charge in [-0.05, 0) is 30.9 Å². The van der Waals surface area contributed by atoms with Crippen LogP contribution in [0.3, 0.4) is 0 Å². The molecule has 1 aliphatic carbocycles. The molecule has 2 rings (SSSR count). The van der Waals surface area contributed by atoms with Gasteiger partial charge >= 0.3 is 0 Å². The fourth-order valence-electron chi connectivity index (χ4n) is 3.17. The molecule has 1 saturated carbocycles. The molecule has 0 amide bonds. The van der Waals surface area contributed by atoms with Gasteiger partial charge in [0.15, 0.2) is 0 Å². The third kappa shape index (κ3) is 3.53. The Morgan fingerprint density at radius 2 is 2.11 bits per heavy atom. The molecular formula is C15H25N3O. The van der Waals surface area contributed by atoms with E-state index < -0.39 is 0 Å². The molecule has 4 nitrogen and oxygen atoms in total. The number of rotatable bonds is 5. The highest BCUT2D eigenvalue weighted by Gasteiger charge is 2.38. The van der Waals surface area contributed by atoms with Crippen LogP contribution >= 0.6 is 0 Å². The van der Waals surface area contributed by atoms with Crippen molar-refractivity contribution >= 4 is 0 Å². The average Bonchev–Trinajstić information content (AvgIpc) is 2.72. The first-order valence-corrected chi connectivity index (χ1v) is 7.21. The third-order valence-corrected chi connectivity index (χ3v) is 4.36. The normalized spacial score (nSPS) is 20.7. The van der Waals surface area contributed by atoms with Crippen LogP contribution in [0.5, 0.6) is 0 Å². The highest BCUT2D eigenvalue weighted by atomic mass is 16.5. The first-order chi connectivity index (χ1) is 9.30. The van der Waals surface area contributed by atoms with Gasteiger partial charge in [0.2, 0.25) is 0 Å². The average molecular weight is 263 g/mol. The molecule has 1 aliphatic rings. The van der Waals surface area contributed by atoms with E-state index in [1.807, 2.05) is 19.4 Å². The van der Waals surface area contributed by atoms with Crippen LogP contribution in [0.4, 0.5) is 0 Å². The first-order valence-electron chi connectivity index (χ1n) is 7.21. The van der Waals surface area contributed by atoms with Crippen LogP contribution in [0.1, 0.15) is 44.1 Å². The van der Waals surface area contributed by atoms with Crippen LogP contribution in [0.2, 0.25) is 0 Å². The zero-order valence-corrected chi connectivity index (χ0v) is 11.8. The second-order valence-corrected chi connectivity index (χ2v) is 5.47. The summed E-state index contributed by atoms with van der Waals surface area (Å²) in [5, 5.41) is 0. The molecule has 1 heterocycles. The zero-order chi connectivity index (χ0) is 13.6. The van der Waals surface area contributed by atoms with Gasteiger partial charge in [-0.3, -0.25) is 16.3 Å². The Balaban J connectivity index is 2.13. The molecule has 106 valence electrons. The van der Waals surface area contributed by atoms with E-state index in [2.05, 4.69) is 16.5 Å². The predicted octanol–water partition coefficient (Wildman–Crippen LogP) is 2.20. The van der Waals surface area contributed by atoms with Crippen LogP contribution < -0.4 is 11.3 Å². The van der Waals surface area contributed by atoms with E-state index >= 15 is 0 Å². The van der Waals surface area contributed by atoms with Crippen molar-refractivity contribution in [1.29, 1.82) is 0 Å². The molecule has 3 N–H and O–H groups in total. The summed E-state index contributed by atoms with van der Waals surface area (Å²) in [6.07, 6.45) is 11.8. The SMILES string of the molecule is COC1(C(Cc2cccnc2)NN)CCCCCC1. The number of nitrogens with two attached hydrogens (primary N) is 1. The van der Waals surface area contributed by atoms with Crippen LogP contribution in [0.25, 0.3) is 0 Å². The maximum absolute atomic E-state index is 5.92. The maximum atomic E-state index is 5.92. The zero-order valence-electron chi connectivity index (χ0n) is 11.8. The van der Waals surface area contributed by atoms with Crippen LogP contribution in [-0.4, -0.2) is 23.7 Å². The summed E-state index contributed by atoms with van der Waals surface area (Å²) in [4.78, 5) is 4.17. The molecule has 0 radical (unpaired) electrons. The minimum absolute atomic E-state index is 0.138.